The lowest BCUT2D eigenvalue weighted by Crippen LogP contribution is -2.55. The van der Waals surface area contributed by atoms with E-state index in [0.29, 0.717) is 38.2 Å². The number of aryl methyl sites for hydroxylation is 1. The number of rotatable bonds is 8. The van der Waals surface area contributed by atoms with Crippen LogP contribution in [0.5, 0.6) is 0 Å². The fraction of sp³-hybridized carbons (Fsp3) is 0.576. The molecule has 0 spiro atoms. The van der Waals surface area contributed by atoms with Crippen molar-refractivity contribution in [3.05, 3.63) is 53.7 Å². The second-order valence-corrected chi connectivity index (χ2v) is 12.3. The third-order valence-electron chi connectivity index (χ3n) is 9.70. The van der Waals surface area contributed by atoms with Gasteiger partial charge in [-0.15, -0.1) is 0 Å². The van der Waals surface area contributed by atoms with Crippen molar-refractivity contribution in [2.75, 3.05) is 67.6 Å². The first kappa shape index (κ1) is 29.4. The molecule has 10 heteroatoms. The summed E-state index contributed by atoms with van der Waals surface area (Å²) in [5, 5.41) is 13.2. The van der Waals surface area contributed by atoms with E-state index in [-0.39, 0.29) is 31.1 Å². The van der Waals surface area contributed by atoms with Crippen molar-refractivity contribution in [3.8, 4) is 6.07 Å². The topological polar surface area (TPSA) is 91.6 Å². The molecule has 1 aliphatic carbocycles. The van der Waals surface area contributed by atoms with E-state index in [4.69, 9.17) is 9.97 Å². The summed E-state index contributed by atoms with van der Waals surface area (Å²) >= 11 is 0. The number of benzene rings is 1. The molecule has 1 N–H and O–H groups in total. The number of piperazine rings is 1. The van der Waals surface area contributed by atoms with Crippen molar-refractivity contribution in [2.24, 2.45) is 0 Å². The molecule has 228 valence electrons. The third kappa shape index (κ3) is 6.32. The van der Waals surface area contributed by atoms with Gasteiger partial charge in [-0.2, -0.15) is 10.2 Å². The van der Waals surface area contributed by atoms with Crippen molar-refractivity contribution >= 4 is 23.4 Å². The quantitative estimate of drug-likeness (QED) is 0.468. The summed E-state index contributed by atoms with van der Waals surface area (Å²) in [6, 6.07) is 11.5. The Bertz CT molecular complexity index is 1350. The van der Waals surface area contributed by atoms with Gasteiger partial charge in [-0.3, -0.25) is 4.79 Å². The number of halogens is 1. The lowest BCUT2D eigenvalue weighted by molar-refractivity contribution is -0.128. The Morgan fingerprint density at radius 1 is 1.12 bits per heavy atom. The monoisotopic (exact) mass is 586 g/mol. The van der Waals surface area contributed by atoms with E-state index in [9.17, 15) is 14.4 Å². The Morgan fingerprint density at radius 2 is 1.95 bits per heavy atom. The number of carbonyl (C=O) groups is 1. The number of para-hydroxylation sites is 1. The molecule has 43 heavy (non-hydrogen) atoms. The van der Waals surface area contributed by atoms with E-state index in [1.54, 1.807) is 4.90 Å². The summed E-state index contributed by atoms with van der Waals surface area (Å²) < 4.78 is 12.9. The molecule has 3 aliphatic heterocycles. The third-order valence-corrected chi connectivity index (χ3v) is 9.70. The molecule has 2 saturated heterocycles. The zero-order chi connectivity index (χ0) is 29.8. The van der Waals surface area contributed by atoms with Gasteiger partial charge in [-0.25, -0.2) is 9.37 Å². The molecule has 9 nitrogen and oxygen atoms in total. The van der Waals surface area contributed by atoms with Crippen molar-refractivity contribution in [2.45, 2.75) is 69.5 Å². The molecule has 0 radical (unpaired) electrons. The Balaban J connectivity index is 1.28. The number of fused-ring (bicyclic) bond motifs is 2. The molecule has 1 amide bonds. The first-order valence-corrected chi connectivity index (χ1v) is 15.9. The number of hydrogen-bond donors (Lipinski definition) is 1. The predicted molar refractivity (Wildman–Crippen MR) is 167 cm³/mol. The Kier molecular flexibility index (Phi) is 9.08. The summed E-state index contributed by atoms with van der Waals surface area (Å²) in [6.07, 6.45) is 8.54. The van der Waals surface area contributed by atoms with Gasteiger partial charge in [0.1, 0.15) is 12.5 Å². The van der Waals surface area contributed by atoms with Crippen LogP contribution in [0, 0.1) is 11.3 Å². The second kappa shape index (κ2) is 13.3. The van der Waals surface area contributed by atoms with E-state index >= 15 is 0 Å². The fourth-order valence-electron chi connectivity index (χ4n) is 7.45. The molecule has 4 aliphatic rings. The standard InChI is InChI=1S/C33H43FN8O/c1-2-31(43)42-21-20-40(23-27(42)11-15-35)32-28-10-9-26(41-16-5-7-24-6-3-4-8-30(24)41)22-29(28)37-33(38-32)36-25-12-17-39(18-13-25)19-14-34/h2-4,6,8,25-27H,1,5,7,9-14,16-23H2,(H,36,37,38)/t26?,27-/m0/s1. The van der Waals surface area contributed by atoms with Gasteiger partial charge in [0.15, 0.2) is 0 Å². The summed E-state index contributed by atoms with van der Waals surface area (Å²) in [4.78, 5) is 31.6. The molecule has 1 unspecified atom stereocenters. The van der Waals surface area contributed by atoms with Crippen LogP contribution < -0.4 is 15.1 Å². The van der Waals surface area contributed by atoms with Crippen LogP contribution in [0.1, 0.15) is 48.9 Å². The van der Waals surface area contributed by atoms with E-state index in [1.807, 2.05) is 0 Å². The molecule has 2 atom stereocenters. The number of alkyl halides is 1. The lowest BCUT2D eigenvalue weighted by atomic mass is 9.88. The number of likely N-dealkylation sites (tertiary alicyclic amines) is 1. The first-order valence-electron chi connectivity index (χ1n) is 15.9. The number of nitriles is 1. The van der Waals surface area contributed by atoms with Crippen molar-refractivity contribution in [1.29, 1.82) is 5.26 Å². The molecule has 1 aromatic heterocycles. The molecule has 2 fully saturated rings. The zero-order valence-electron chi connectivity index (χ0n) is 25.1. The minimum atomic E-state index is -0.309. The molecule has 4 heterocycles. The molecule has 2 aromatic rings. The number of anilines is 3. The predicted octanol–water partition coefficient (Wildman–Crippen LogP) is 3.75. The zero-order valence-corrected chi connectivity index (χ0v) is 25.1. The molecule has 1 aromatic carbocycles. The summed E-state index contributed by atoms with van der Waals surface area (Å²) in [7, 11) is 0. The molecule has 0 saturated carbocycles. The number of aromatic nitrogens is 2. The Labute approximate surface area is 254 Å². The molecular formula is C33H43FN8O. The number of hydrogen-bond acceptors (Lipinski definition) is 8. The van der Waals surface area contributed by atoms with Gasteiger partial charge in [0.2, 0.25) is 11.9 Å². The van der Waals surface area contributed by atoms with Gasteiger partial charge in [0, 0.05) is 75.6 Å². The molecule has 0 bridgehead atoms. The van der Waals surface area contributed by atoms with E-state index in [2.05, 4.69) is 56.9 Å². The highest BCUT2D eigenvalue weighted by Crippen LogP contribution is 2.36. The van der Waals surface area contributed by atoms with Crippen LogP contribution in [-0.2, 0) is 24.1 Å². The van der Waals surface area contributed by atoms with Crippen LogP contribution in [0.4, 0.5) is 21.8 Å². The number of nitrogens with one attached hydrogen (secondary N) is 1. The van der Waals surface area contributed by atoms with Crippen LogP contribution in [0.3, 0.4) is 0 Å². The Hall–Kier alpha value is -3.71. The largest absolute Gasteiger partial charge is 0.368 e. The van der Waals surface area contributed by atoms with Crippen LogP contribution >= 0.6 is 0 Å². The lowest BCUT2D eigenvalue weighted by Gasteiger charge is -2.43. The molecular weight excluding hydrogens is 543 g/mol. The van der Waals surface area contributed by atoms with Gasteiger partial charge < -0.3 is 24.9 Å². The minimum absolute atomic E-state index is 0.129. The maximum absolute atomic E-state index is 12.9. The highest BCUT2D eigenvalue weighted by Gasteiger charge is 2.35. The van der Waals surface area contributed by atoms with Gasteiger partial charge >= 0.3 is 0 Å². The van der Waals surface area contributed by atoms with Crippen molar-refractivity contribution < 1.29 is 9.18 Å². The maximum atomic E-state index is 12.9. The number of carbonyl (C=O) groups excluding carboxylic acids is 1. The fourth-order valence-corrected chi connectivity index (χ4v) is 7.45. The number of amides is 1. The van der Waals surface area contributed by atoms with Crippen LogP contribution in [-0.4, -0.2) is 96.3 Å². The first-order chi connectivity index (χ1) is 21.1. The van der Waals surface area contributed by atoms with Crippen molar-refractivity contribution in [1.82, 2.24) is 19.8 Å². The van der Waals surface area contributed by atoms with Gasteiger partial charge in [0.05, 0.1) is 24.2 Å². The van der Waals surface area contributed by atoms with Gasteiger partial charge in [-0.1, -0.05) is 24.8 Å². The highest BCUT2D eigenvalue weighted by atomic mass is 19.1. The SMILES string of the molecule is C=CC(=O)N1CCN(c2nc(NC3CCN(CCF)CC3)nc3c2CCC(N2CCCc4ccccc42)C3)C[C@@H]1CC#N. The van der Waals surface area contributed by atoms with E-state index in [0.717, 1.165) is 76.1 Å². The molecule has 6 rings (SSSR count). The summed E-state index contributed by atoms with van der Waals surface area (Å²) in [5.41, 5.74) is 5.09. The van der Waals surface area contributed by atoms with Crippen molar-refractivity contribution in [3.63, 3.8) is 0 Å². The normalized spacial score (nSPS) is 22.8. The number of piperidine rings is 1. The minimum Gasteiger partial charge on any atom is -0.368 e. The average molecular weight is 587 g/mol. The van der Waals surface area contributed by atoms with Crippen LogP contribution in [0.2, 0.25) is 0 Å². The smallest absolute Gasteiger partial charge is 0.246 e. The van der Waals surface area contributed by atoms with Crippen LogP contribution in [0.25, 0.3) is 0 Å². The van der Waals surface area contributed by atoms with Gasteiger partial charge in [0.25, 0.3) is 0 Å². The van der Waals surface area contributed by atoms with E-state index in [1.165, 1.54) is 22.9 Å². The maximum Gasteiger partial charge on any atom is 0.246 e. The number of nitrogens with zero attached hydrogens (tertiary/aromatic N) is 7. The summed E-state index contributed by atoms with van der Waals surface area (Å²) in [5.74, 6) is 1.46. The summed E-state index contributed by atoms with van der Waals surface area (Å²) in [6.45, 7) is 8.38. The van der Waals surface area contributed by atoms with Crippen LogP contribution in [0.15, 0.2) is 36.9 Å². The average Bonchev–Trinajstić information content (AvgIpc) is 3.04. The van der Waals surface area contributed by atoms with E-state index < -0.39 is 0 Å². The van der Waals surface area contributed by atoms with Gasteiger partial charge in [-0.05, 0) is 56.2 Å². The second-order valence-electron chi connectivity index (χ2n) is 12.3. The highest BCUT2D eigenvalue weighted by molar-refractivity contribution is 5.87. The Morgan fingerprint density at radius 3 is 2.74 bits per heavy atom.